The van der Waals surface area contributed by atoms with Gasteiger partial charge in [-0.15, -0.1) is 0 Å². The lowest BCUT2D eigenvalue weighted by molar-refractivity contribution is 1.23. The molecule has 0 aliphatic rings. The van der Waals surface area contributed by atoms with E-state index in [1.807, 2.05) is 30.3 Å². The summed E-state index contributed by atoms with van der Waals surface area (Å²) < 4.78 is 0.780. The Hall–Kier alpha value is -1.62. The molecule has 76 valence electrons. The van der Waals surface area contributed by atoms with E-state index in [0.717, 1.165) is 10.2 Å². The molecule has 3 N–H and O–H groups in total. The van der Waals surface area contributed by atoms with Crippen LogP contribution in [0.5, 0.6) is 0 Å². The average Bonchev–Trinajstić information content (AvgIpc) is 2.65. The van der Waals surface area contributed by atoms with Crippen molar-refractivity contribution in [1.82, 2.24) is 9.97 Å². The summed E-state index contributed by atoms with van der Waals surface area (Å²) in [6, 6.07) is 9.55. The van der Waals surface area contributed by atoms with Gasteiger partial charge >= 0.3 is 0 Å². The number of aromatic amines is 1. The second kappa shape index (κ2) is 4.27. The van der Waals surface area contributed by atoms with Crippen LogP contribution in [0.25, 0.3) is 0 Å². The fourth-order valence-corrected chi connectivity index (χ4v) is 1.41. The lowest BCUT2D eigenvalue weighted by Crippen LogP contribution is -2.12. The minimum Gasteiger partial charge on any atom is -0.383 e. The number of benzene rings is 1. The molecule has 0 saturated heterocycles. The third-order valence-corrected chi connectivity index (χ3v) is 2.23. The zero-order valence-electron chi connectivity index (χ0n) is 7.81. The van der Waals surface area contributed by atoms with Gasteiger partial charge in [0.25, 0.3) is 0 Å². The third kappa shape index (κ3) is 2.44. The molecule has 1 aromatic carbocycles. The van der Waals surface area contributed by atoms with Crippen LogP contribution in [-0.4, -0.2) is 15.8 Å². The number of nitrogens with two attached hydrogens (primary N) is 1. The van der Waals surface area contributed by atoms with Crippen molar-refractivity contribution in [3.8, 4) is 0 Å². The largest absolute Gasteiger partial charge is 0.383 e. The first-order valence-corrected chi connectivity index (χ1v) is 5.15. The summed E-state index contributed by atoms with van der Waals surface area (Å²) in [5.41, 5.74) is 6.69. The number of hydrogen-bond donors (Lipinski definition) is 2. The van der Waals surface area contributed by atoms with E-state index in [9.17, 15) is 0 Å². The van der Waals surface area contributed by atoms with Crippen LogP contribution in [0.3, 0.4) is 0 Å². The molecule has 0 unspecified atom stereocenters. The molecule has 2 aromatic rings. The lowest BCUT2D eigenvalue weighted by Gasteiger charge is -1.97. The molecule has 5 heteroatoms. The highest BCUT2D eigenvalue weighted by molar-refractivity contribution is 9.10. The predicted octanol–water partition coefficient (Wildman–Crippen LogP) is 2.21. The van der Waals surface area contributed by atoms with E-state index in [1.165, 1.54) is 0 Å². The zero-order valence-corrected chi connectivity index (χ0v) is 9.40. The number of nitrogens with zero attached hydrogens (tertiary/aromatic N) is 2. The lowest BCUT2D eigenvalue weighted by atomic mass is 10.2. The Morgan fingerprint density at radius 1 is 1.33 bits per heavy atom. The Labute approximate surface area is 95.4 Å². The number of amidine groups is 1. The van der Waals surface area contributed by atoms with Gasteiger partial charge in [-0.2, -0.15) is 4.99 Å². The molecule has 1 aromatic heterocycles. The topological polar surface area (TPSA) is 67.1 Å². The first-order valence-electron chi connectivity index (χ1n) is 4.36. The van der Waals surface area contributed by atoms with Gasteiger partial charge in [-0.1, -0.05) is 30.3 Å². The van der Waals surface area contributed by atoms with Crippen molar-refractivity contribution in [3.63, 3.8) is 0 Å². The van der Waals surface area contributed by atoms with E-state index in [2.05, 4.69) is 30.9 Å². The van der Waals surface area contributed by atoms with Crippen molar-refractivity contribution in [1.29, 1.82) is 0 Å². The molecule has 0 amide bonds. The average molecular weight is 265 g/mol. The normalized spacial score (nSPS) is 11.7. The molecule has 0 saturated carbocycles. The van der Waals surface area contributed by atoms with E-state index < -0.39 is 0 Å². The Morgan fingerprint density at radius 3 is 2.67 bits per heavy atom. The maximum Gasteiger partial charge on any atom is 0.229 e. The number of nitrogens with one attached hydrogen (secondary N) is 1. The summed E-state index contributed by atoms with van der Waals surface area (Å²) in [6.07, 6.45) is 1.64. The predicted molar refractivity (Wildman–Crippen MR) is 63.1 cm³/mol. The summed E-state index contributed by atoms with van der Waals surface area (Å²) in [5.74, 6) is 0.931. The highest BCUT2D eigenvalue weighted by Crippen LogP contribution is 2.12. The van der Waals surface area contributed by atoms with Crippen LogP contribution in [-0.2, 0) is 0 Å². The maximum absolute atomic E-state index is 5.81. The molecule has 0 fully saturated rings. The van der Waals surface area contributed by atoms with Gasteiger partial charge in [0, 0.05) is 5.56 Å². The molecule has 1 heterocycles. The summed E-state index contributed by atoms with van der Waals surface area (Å²) in [7, 11) is 0. The summed E-state index contributed by atoms with van der Waals surface area (Å²) in [6.45, 7) is 0. The monoisotopic (exact) mass is 264 g/mol. The molecule has 0 bridgehead atoms. The summed E-state index contributed by atoms with van der Waals surface area (Å²) in [5, 5.41) is 0. The van der Waals surface area contributed by atoms with Gasteiger partial charge in [-0.3, -0.25) is 0 Å². The van der Waals surface area contributed by atoms with E-state index >= 15 is 0 Å². The molecule has 0 aliphatic carbocycles. The van der Waals surface area contributed by atoms with Gasteiger partial charge in [-0.05, 0) is 15.9 Å². The second-order valence-corrected chi connectivity index (χ2v) is 3.77. The van der Waals surface area contributed by atoms with E-state index in [-0.39, 0.29) is 0 Å². The number of H-pyrrole nitrogens is 1. The second-order valence-electron chi connectivity index (χ2n) is 2.92. The van der Waals surface area contributed by atoms with Crippen LogP contribution in [0.15, 0.2) is 46.1 Å². The standard InChI is InChI=1S/C10H9BrN4/c11-8-6-13-10(14-8)15-9(12)7-4-2-1-3-5-7/h1-6H,(H3,12,13,14,15). The van der Waals surface area contributed by atoms with Crippen molar-refractivity contribution in [3.05, 3.63) is 46.7 Å². The smallest absolute Gasteiger partial charge is 0.229 e. The van der Waals surface area contributed by atoms with Crippen LogP contribution in [0, 0.1) is 0 Å². The number of aliphatic imine (C=N–C) groups is 1. The van der Waals surface area contributed by atoms with Crippen LogP contribution < -0.4 is 5.73 Å². The Bertz CT molecular complexity index is 475. The Morgan fingerprint density at radius 2 is 2.07 bits per heavy atom. The van der Waals surface area contributed by atoms with Crippen molar-refractivity contribution >= 4 is 27.7 Å². The quantitative estimate of drug-likeness (QED) is 0.645. The molecule has 15 heavy (non-hydrogen) atoms. The number of imidazole rings is 1. The third-order valence-electron chi connectivity index (χ3n) is 1.83. The molecule has 0 aliphatic heterocycles. The SMILES string of the molecule is NC(=Nc1ncc(Br)[nH]1)c1ccccc1. The van der Waals surface area contributed by atoms with Crippen molar-refractivity contribution < 1.29 is 0 Å². The molecule has 0 spiro atoms. The fourth-order valence-electron chi connectivity index (χ4n) is 1.13. The van der Waals surface area contributed by atoms with Crippen molar-refractivity contribution in [2.45, 2.75) is 0 Å². The number of rotatable bonds is 2. The maximum atomic E-state index is 5.81. The van der Waals surface area contributed by atoms with Gasteiger partial charge in [0.1, 0.15) is 10.4 Å². The number of hydrogen-bond acceptors (Lipinski definition) is 2. The fraction of sp³-hybridized carbons (Fsp3) is 0. The number of halogens is 1. The van der Waals surface area contributed by atoms with Gasteiger partial charge in [0.05, 0.1) is 6.20 Å². The van der Waals surface area contributed by atoms with Crippen molar-refractivity contribution in [2.75, 3.05) is 0 Å². The van der Waals surface area contributed by atoms with Crippen LogP contribution in [0.4, 0.5) is 5.95 Å². The van der Waals surface area contributed by atoms with Gasteiger partial charge in [0.15, 0.2) is 0 Å². The first-order chi connectivity index (χ1) is 7.25. The van der Waals surface area contributed by atoms with Gasteiger partial charge < -0.3 is 10.7 Å². The zero-order chi connectivity index (χ0) is 10.7. The van der Waals surface area contributed by atoms with Crippen LogP contribution >= 0.6 is 15.9 Å². The van der Waals surface area contributed by atoms with E-state index in [0.29, 0.717) is 11.8 Å². The molecular weight excluding hydrogens is 256 g/mol. The van der Waals surface area contributed by atoms with Crippen molar-refractivity contribution in [2.24, 2.45) is 10.7 Å². The first kappa shape index (κ1) is 9.92. The molecule has 4 nitrogen and oxygen atoms in total. The molecule has 2 rings (SSSR count). The minimum absolute atomic E-state index is 0.442. The highest BCUT2D eigenvalue weighted by atomic mass is 79.9. The summed E-state index contributed by atoms with van der Waals surface area (Å²) in [4.78, 5) is 11.1. The van der Waals surface area contributed by atoms with E-state index in [4.69, 9.17) is 5.73 Å². The molecular formula is C10H9BrN4. The number of aromatic nitrogens is 2. The Balaban J connectivity index is 2.28. The van der Waals surface area contributed by atoms with Gasteiger partial charge in [0.2, 0.25) is 5.95 Å². The molecule has 0 radical (unpaired) electrons. The summed E-state index contributed by atoms with van der Waals surface area (Å²) >= 11 is 3.25. The minimum atomic E-state index is 0.442. The van der Waals surface area contributed by atoms with Crippen LogP contribution in [0.2, 0.25) is 0 Å². The Kier molecular flexibility index (Phi) is 2.82. The van der Waals surface area contributed by atoms with Gasteiger partial charge in [-0.25, -0.2) is 4.98 Å². The van der Waals surface area contributed by atoms with Crippen LogP contribution in [0.1, 0.15) is 5.56 Å². The highest BCUT2D eigenvalue weighted by Gasteiger charge is 1.99. The molecule has 0 atom stereocenters. The van der Waals surface area contributed by atoms with E-state index in [1.54, 1.807) is 6.20 Å².